The molecule has 0 aliphatic carbocycles. The average Bonchev–Trinajstić information content (AvgIpc) is 3.39. The molecule has 38 heavy (non-hydrogen) atoms. The van der Waals surface area contributed by atoms with E-state index < -0.39 is 0 Å². The second-order valence-corrected chi connectivity index (χ2v) is 10.3. The van der Waals surface area contributed by atoms with Gasteiger partial charge in [-0.1, -0.05) is 103 Å². The zero-order valence-corrected chi connectivity index (χ0v) is 21.5. The van der Waals surface area contributed by atoms with Crippen molar-refractivity contribution in [3.63, 3.8) is 0 Å². The van der Waals surface area contributed by atoms with Crippen LogP contribution in [0.1, 0.15) is 0 Å². The first-order chi connectivity index (χ1) is 18.8. The highest BCUT2D eigenvalue weighted by atomic mass is 32.1. The molecule has 0 spiro atoms. The van der Waals surface area contributed by atoms with Gasteiger partial charge in [0.15, 0.2) is 0 Å². The van der Waals surface area contributed by atoms with Crippen molar-refractivity contribution in [3.05, 3.63) is 146 Å². The lowest BCUT2D eigenvalue weighted by atomic mass is 10.00. The van der Waals surface area contributed by atoms with Crippen molar-refractivity contribution in [2.75, 3.05) is 4.90 Å². The van der Waals surface area contributed by atoms with E-state index in [0.717, 1.165) is 22.6 Å². The molecule has 0 saturated carbocycles. The normalized spacial score (nSPS) is 11.2. The van der Waals surface area contributed by atoms with Crippen LogP contribution in [0.25, 0.3) is 42.6 Å². The Labute approximate surface area is 226 Å². The third-order valence-electron chi connectivity index (χ3n) is 6.94. The summed E-state index contributed by atoms with van der Waals surface area (Å²) in [6.45, 7) is 0. The number of rotatable bonds is 5. The van der Waals surface area contributed by atoms with Crippen LogP contribution in [-0.4, -0.2) is 4.98 Å². The van der Waals surface area contributed by atoms with Gasteiger partial charge in [-0.25, -0.2) is 0 Å². The first-order valence-electron chi connectivity index (χ1n) is 12.7. The van der Waals surface area contributed by atoms with Gasteiger partial charge in [0, 0.05) is 27.7 Å². The highest BCUT2D eigenvalue weighted by Gasteiger charge is 2.18. The molecule has 7 rings (SSSR count). The SMILES string of the molecule is c1ccc(-c2ccc(-c3ccc(N(c4ccccc4)c4ccnc5c4sc4ccccc45)cc3)cc2)cc1. The van der Waals surface area contributed by atoms with Gasteiger partial charge in [-0.05, 0) is 58.7 Å². The molecule has 2 nitrogen and oxygen atoms in total. The van der Waals surface area contributed by atoms with Gasteiger partial charge in [0.1, 0.15) is 0 Å². The van der Waals surface area contributed by atoms with E-state index in [9.17, 15) is 0 Å². The fourth-order valence-electron chi connectivity index (χ4n) is 5.06. The molecule has 0 saturated heterocycles. The van der Waals surface area contributed by atoms with Crippen LogP contribution < -0.4 is 4.90 Å². The summed E-state index contributed by atoms with van der Waals surface area (Å²) in [5.41, 5.74) is 9.30. The molecule has 0 bridgehead atoms. The van der Waals surface area contributed by atoms with Crippen molar-refractivity contribution in [3.8, 4) is 22.3 Å². The van der Waals surface area contributed by atoms with Gasteiger partial charge in [-0.15, -0.1) is 11.3 Å². The number of para-hydroxylation sites is 1. The number of nitrogens with zero attached hydrogens (tertiary/aromatic N) is 2. The maximum absolute atomic E-state index is 4.77. The standard InChI is InChI=1S/C35H24N2S/c1-3-9-25(10-4-1)26-15-17-27(18-16-26)28-19-21-30(22-20-28)37(29-11-5-2-6-12-29)32-23-24-36-34-31-13-7-8-14-33(31)38-35(32)34/h1-24H. The topological polar surface area (TPSA) is 16.1 Å². The van der Waals surface area contributed by atoms with Crippen molar-refractivity contribution in [1.29, 1.82) is 0 Å². The summed E-state index contributed by atoms with van der Waals surface area (Å²) in [7, 11) is 0. The minimum atomic E-state index is 1.05. The van der Waals surface area contributed by atoms with E-state index in [4.69, 9.17) is 4.98 Å². The van der Waals surface area contributed by atoms with E-state index in [0.29, 0.717) is 0 Å². The molecule has 180 valence electrons. The number of hydrogen-bond donors (Lipinski definition) is 0. The Morgan fingerprint density at radius 1 is 0.474 bits per heavy atom. The fourth-order valence-corrected chi connectivity index (χ4v) is 6.23. The maximum Gasteiger partial charge on any atom is 0.0909 e. The Hall–Kier alpha value is -4.73. The lowest BCUT2D eigenvalue weighted by molar-refractivity contribution is 1.29. The molecule has 0 aliphatic heterocycles. The average molecular weight is 505 g/mol. The van der Waals surface area contributed by atoms with Gasteiger partial charge in [-0.3, -0.25) is 4.98 Å². The molecule has 0 unspecified atom stereocenters. The fraction of sp³-hybridized carbons (Fsp3) is 0. The van der Waals surface area contributed by atoms with E-state index >= 15 is 0 Å². The maximum atomic E-state index is 4.77. The van der Waals surface area contributed by atoms with Crippen molar-refractivity contribution in [2.45, 2.75) is 0 Å². The Bertz CT molecular complexity index is 1840. The van der Waals surface area contributed by atoms with E-state index in [1.807, 2.05) is 6.20 Å². The summed E-state index contributed by atoms with van der Waals surface area (Å²) in [6.07, 6.45) is 1.93. The predicted octanol–water partition coefficient (Wildman–Crippen LogP) is 10.3. The first-order valence-corrected chi connectivity index (χ1v) is 13.5. The largest absolute Gasteiger partial charge is 0.309 e. The second-order valence-electron chi connectivity index (χ2n) is 9.27. The van der Waals surface area contributed by atoms with Gasteiger partial charge in [0.2, 0.25) is 0 Å². The molecule has 3 heteroatoms. The Kier molecular flexibility index (Phi) is 5.69. The highest BCUT2D eigenvalue weighted by Crippen LogP contribution is 2.43. The smallest absolute Gasteiger partial charge is 0.0909 e. The van der Waals surface area contributed by atoms with Crippen LogP contribution in [0.2, 0.25) is 0 Å². The van der Waals surface area contributed by atoms with E-state index in [1.165, 1.54) is 37.0 Å². The van der Waals surface area contributed by atoms with Crippen LogP contribution in [0.15, 0.2) is 146 Å². The molecule has 0 N–H and O–H groups in total. The highest BCUT2D eigenvalue weighted by molar-refractivity contribution is 7.26. The van der Waals surface area contributed by atoms with E-state index in [1.54, 1.807) is 11.3 Å². The molecule has 0 aliphatic rings. The third-order valence-corrected chi connectivity index (χ3v) is 8.13. The molecule has 0 fully saturated rings. The van der Waals surface area contributed by atoms with Gasteiger partial charge in [-0.2, -0.15) is 0 Å². The van der Waals surface area contributed by atoms with Gasteiger partial charge >= 0.3 is 0 Å². The quantitative estimate of drug-likeness (QED) is 0.232. The van der Waals surface area contributed by atoms with Crippen LogP contribution in [0.3, 0.4) is 0 Å². The van der Waals surface area contributed by atoms with Crippen molar-refractivity contribution in [2.24, 2.45) is 0 Å². The van der Waals surface area contributed by atoms with Crippen LogP contribution in [0.5, 0.6) is 0 Å². The molecule has 0 amide bonds. The first kappa shape index (κ1) is 22.5. The summed E-state index contributed by atoms with van der Waals surface area (Å²) in [6, 6.07) is 49.4. The van der Waals surface area contributed by atoms with Crippen molar-refractivity contribution in [1.82, 2.24) is 4.98 Å². The molecular formula is C35H24N2S. The molecule has 0 atom stereocenters. The van der Waals surface area contributed by atoms with Crippen LogP contribution in [-0.2, 0) is 0 Å². The second kappa shape index (κ2) is 9.62. The van der Waals surface area contributed by atoms with E-state index in [2.05, 4.69) is 144 Å². The van der Waals surface area contributed by atoms with Crippen molar-refractivity contribution >= 4 is 48.7 Å². The molecule has 5 aromatic carbocycles. The molecule has 7 aromatic rings. The zero-order valence-electron chi connectivity index (χ0n) is 20.7. The summed E-state index contributed by atoms with van der Waals surface area (Å²) in [4.78, 5) is 7.10. The number of pyridine rings is 1. The Morgan fingerprint density at radius 2 is 1.00 bits per heavy atom. The third kappa shape index (κ3) is 4.03. The minimum absolute atomic E-state index is 1.05. The lowest BCUT2D eigenvalue weighted by Gasteiger charge is -2.26. The van der Waals surface area contributed by atoms with Crippen LogP contribution >= 0.6 is 11.3 Å². The molecular weight excluding hydrogens is 480 g/mol. The summed E-state index contributed by atoms with van der Waals surface area (Å²) < 4.78 is 2.45. The number of thiophene rings is 1. The number of anilines is 3. The summed E-state index contributed by atoms with van der Waals surface area (Å²) >= 11 is 1.80. The monoisotopic (exact) mass is 504 g/mol. The van der Waals surface area contributed by atoms with Gasteiger partial charge in [0.05, 0.1) is 15.9 Å². The number of aromatic nitrogens is 1. The predicted molar refractivity (Wildman–Crippen MR) is 163 cm³/mol. The number of fused-ring (bicyclic) bond motifs is 3. The number of benzene rings is 5. The Balaban J connectivity index is 1.30. The van der Waals surface area contributed by atoms with Crippen LogP contribution in [0, 0.1) is 0 Å². The summed E-state index contributed by atoms with van der Waals surface area (Å²) in [5, 5.41) is 1.21. The summed E-state index contributed by atoms with van der Waals surface area (Å²) in [5.74, 6) is 0. The van der Waals surface area contributed by atoms with Crippen molar-refractivity contribution < 1.29 is 0 Å². The van der Waals surface area contributed by atoms with E-state index in [-0.39, 0.29) is 0 Å². The van der Waals surface area contributed by atoms with Gasteiger partial charge < -0.3 is 4.90 Å². The van der Waals surface area contributed by atoms with Crippen LogP contribution in [0.4, 0.5) is 17.1 Å². The van der Waals surface area contributed by atoms with Gasteiger partial charge in [0.25, 0.3) is 0 Å². The minimum Gasteiger partial charge on any atom is -0.309 e. The lowest BCUT2D eigenvalue weighted by Crippen LogP contribution is -2.10. The number of hydrogen-bond acceptors (Lipinski definition) is 3. The molecule has 2 aromatic heterocycles. The Morgan fingerprint density at radius 3 is 1.68 bits per heavy atom. The molecule has 2 heterocycles. The zero-order chi connectivity index (χ0) is 25.3. The molecule has 0 radical (unpaired) electrons.